The molecule has 0 fully saturated rings. The van der Waals surface area contributed by atoms with Gasteiger partial charge in [-0.3, -0.25) is 0 Å². The Hall–Kier alpha value is -1.74. The molecule has 0 aliphatic carbocycles. The van der Waals surface area contributed by atoms with Crippen molar-refractivity contribution in [3.05, 3.63) is 54.0 Å². The highest BCUT2D eigenvalue weighted by Crippen LogP contribution is 2.18. The second-order valence-electron chi connectivity index (χ2n) is 5.00. The van der Waals surface area contributed by atoms with Crippen molar-refractivity contribution in [2.75, 3.05) is 6.61 Å². The van der Waals surface area contributed by atoms with Crippen LogP contribution in [0.2, 0.25) is 0 Å². The number of rotatable bonds is 7. The van der Waals surface area contributed by atoms with Crippen LogP contribution in [0, 0.1) is 5.92 Å². The predicted molar refractivity (Wildman–Crippen MR) is 76.0 cm³/mol. The molecule has 0 radical (unpaired) electrons. The molecule has 0 amide bonds. The van der Waals surface area contributed by atoms with Crippen molar-refractivity contribution in [1.82, 2.24) is 5.32 Å². The van der Waals surface area contributed by atoms with Gasteiger partial charge in [-0.2, -0.15) is 0 Å². The lowest BCUT2D eigenvalue weighted by Gasteiger charge is -2.13. The van der Waals surface area contributed by atoms with Gasteiger partial charge < -0.3 is 14.5 Å². The minimum atomic E-state index is 0.532. The summed E-state index contributed by atoms with van der Waals surface area (Å²) in [7, 11) is 0. The smallest absolute Gasteiger partial charge is 0.123 e. The fourth-order valence-electron chi connectivity index (χ4n) is 1.78. The molecule has 0 bridgehead atoms. The summed E-state index contributed by atoms with van der Waals surface area (Å²) in [6.45, 7) is 6.55. The summed E-state index contributed by atoms with van der Waals surface area (Å²) >= 11 is 0. The molecule has 0 saturated carbocycles. The molecule has 3 heteroatoms. The van der Waals surface area contributed by atoms with Gasteiger partial charge in [0, 0.05) is 12.1 Å². The monoisotopic (exact) mass is 259 g/mol. The van der Waals surface area contributed by atoms with E-state index in [1.807, 2.05) is 30.3 Å². The van der Waals surface area contributed by atoms with Crippen LogP contribution in [0.5, 0.6) is 5.75 Å². The molecule has 3 nitrogen and oxygen atoms in total. The van der Waals surface area contributed by atoms with Crippen molar-refractivity contribution in [3.63, 3.8) is 0 Å². The number of ether oxygens (including phenoxy) is 1. The van der Waals surface area contributed by atoms with E-state index >= 15 is 0 Å². The van der Waals surface area contributed by atoms with E-state index in [0.29, 0.717) is 5.92 Å². The van der Waals surface area contributed by atoms with E-state index < -0.39 is 0 Å². The Morgan fingerprint density at radius 2 is 1.95 bits per heavy atom. The van der Waals surface area contributed by atoms with E-state index in [-0.39, 0.29) is 0 Å². The molecule has 1 heterocycles. The lowest BCUT2D eigenvalue weighted by atomic mass is 10.2. The molecule has 2 aromatic rings. The topological polar surface area (TPSA) is 34.4 Å². The van der Waals surface area contributed by atoms with E-state index in [1.165, 1.54) is 5.56 Å². The lowest BCUT2D eigenvalue weighted by molar-refractivity contribution is 0.268. The first-order valence-electron chi connectivity index (χ1n) is 6.69. The minimum absolute atomic E-state index is 0.532. The normalized spacial score (nSPS) is 10.9. The molecule has 0 atom stereocenters. The van der Waals surface area contributed by atoms with Crippen LogP contribution in [-0.4, -0.2) is 6.61 Å². The molecular weight excluding hydrogens is 238 g/mol. The third kappa shape index (κ3) is 4.45. The number of hydrogen-bond acceptors (Lipinski definition) is 3. The Bertz CT molecular complexity index is 477. The first kappa shape index (κ1) is 13.7. The van der Waals surface area contributed by atoms with Gasteiger partial charge in [-0.25, -0.2) is 0 Å². The summed E-state index contributed by atoms with van der Waals surface area (Å²) in [4.78, 5) is 0. The van der Waals surface area contributed by atoms with Gasteiger partial charge in [-0.15, -0.1) is 0 Å². The van der Waals surface area contributed by atoms with E-state index in [0.717, 1.165) is 31.2 Å². The highest BCUT2D eigenvalue weighted by molar-refractivity contribution is 5.33. The van der Waals surface area contributed by atoms with Crippen LogP contribution in [0.25, 0.3) is 0 Å². The molecule has 0 aliphatic rings. The molecule has 0 spiro atoms. The van der Waals surface area contributed by atoms with E-state index in [2.05, 4.69) is 25.2 Å². The van der Waals surface area contributed by atoms with Gasteiger partial charge in [0.2, 0.25) is 0 Å². The maximum Gasteiger partial charge on any atom is 0.123 e. The Labute approximate surface area is 114 Å². The summed E-state index contributed by atoms with van der Waals surface area (Å²) in [5, 5.41) is 3.36. The quantitative estimate of drug-likeness (QED) is 0.825. The summed E-state index contributed by atoms with van der Waals surface area (Å²) in [6, 6.07) is 12.0. The van der Waals surface area contributed by atoms with Gasteiger partial charge in [0.25, 0.3) is 0 Å². The largest absolute Gasteiger partial charge is 0.493 e. The van der Waals surface area contributed by atoms with Crippen LogP contribution < -0.4 is 10.1 Å². The molecule has 102 valence electrons. The van der Waals surface area contributed by atoms with Gasteiger partial charge in [-0.1, -0.05) is 32.0 Å². The van der Waals surface area contributed by atoms with Crippen molar-refractivity contribution < 1.29 is 9.15 Å². The molecule has 19 heavy (non-hydrogen) atoms. The molecular formula is C16H21NO2. The van der Waals surface area contributed by atoms with Crippen molar-refractivity contribution in [1.29, 1.82) is 0 Å². The van der Waals surface area contributed by atoms with Crippen molar-refractivity contribution in [3.8, 4) is 5.75 Å². The third-order valence-corrected chi connectivity index (χ3v) is 2.74. The average Bonchev–Trinajstić information content (AvgIpc) is 2.91. The maximum absolute atomic E-state index is 5.82. The first-order valence-corrected chi connectivity index (χ1v) is 6.69. The summed E-state index contributed by atoms with van der Waals surface area (Å²) < 4.78 is 11.1. The molecule has 0 aliphatic heterocycles. The Kier molecular flexibility index (Phi) is 5.04. The minimum Gasteiger partial charge on any atom is -0.493 e. The fraction of sp³-hybridized carbons (Fsp3) is 0.375. The Balaban J connectivity index is 1.88. The summed E-state index contributed by atoms with van der Waals surface area (Å²) in [6.07, 6.45) is 1.69. The van der Waals surface area contributed by atoms with Crippen LogP contribution in [0.1, 0.15) is 25.2 Å². The number of nitrogens with one attached hydrogen (secondary N) is 1. The van der Waals surface area contributed by atoms with E-state index in [1.54, 1.807) is 6.26 Å². The van der Waals surface area contributed by atoms with E-state index in [4.69, 9.17) is 9.15 Å². The molecule has 0 unspecified atom stereocenters. The third-order valence-electron chi connectivity index (χ3n) is 2.74. The second kappa shape index (κ2) is 7.00. The lowest BCUT2D eigenvalue weighted by Crippen LogP contribution is -2.14. The van der Waals surface area contributed by atoms with Gasteiger partial charge in [-0.05, 0) is 24.1 Å². The van der Waals surface area contributed by atoms with Crippen molar-refractivity contribution in [2.24, 2.45) is 5.92 Å². The Morgan fingerprint density at radius 3 is 2.68 bits per heavy atom. The van der Waals surface area contributed by atoms with Crippen LogP contribution in [0.4, 0.5) is 0 Å². The fourth-order valence-corrected chi connectivity index (χ4v) is 1.78. The highest BCUT2D eigenvalue weighted by Gasteiger charge is 2.04. The molecule has 1 aromatic carbocycles. The second-order valence-corrected chi connectivity index (χ2v) is 5.00. The summed E-state index contributed by atoms with van der Waals surface area (Å²) in [5.74, 6) is 2.44. The SMILES string of the molecule is CC(C)COc1ccccc1CNCc1ccco1. The standard InChI is InChI=1S/C16H21NO2/c1-13(2)12-19-16-8-4-3-6-14(16)10-17-11-15-7-5-9-18-15/h3-9,13,17H,10-12H2,1-2H3. The first-order chi connectivity index (χ1) is 9.25. The number of hydrogen-bond donors (Lipinski definition) is 1. The zero-order chi connectivity index (χ0) is 13.5. The van der Waals surface area contributed by atoms with Gasteiger partial charge in [0.15, 0.2) is 0 Å². The van der Waals surface area contributed by atoms with Crippen LogP contribution >= 0.6 is 0 Å². The van der Waals surface area contributed by atoms with Crippen LogP contribution in [-0.2, 0) is 13.1 Å². The Morgan fingerprint density at radius 1 is 1.11 bits per heavy atom. The molecule has 0 saturated heterocycles. The molecule has 2 rings (SSSR count). The number of benzene rings is 1. The van der Waals surface area contributed by atoms with Crippen molar-refractivity contribution >= 4 is 0 Å². The summed E-state index contributed by atoms with van der Waals surface area (Å²) in [5.41, 5.74) is 1.18. The van der Waals surface area contributed by atoms with Crippen LogP contribution in [0.15, 0.2) is 47.1 Å². The van der Waals surface area contributed by atoms with Crippen molar-refractivity contribution in [2.45, 2.75) is 26.9 Å². The van der Waals surface area contributed by atoms with Gasteiger partial charge in [0.05, 0.1) is 19.4 Å². The zero-order valence-electron chi connectivity index (χ0n) is 11.6. The van der Waals surface area contributed by atoms with Gasteiger partial charge in [0.1, 0.15) is 11.5 Å². The van der Waals surface area contributed by atoms with Gasteiger partial charge >= 0.3 is 0 Å². The van der Waals surface area contributed by atoms with E-state index in [9.17, 15) is 0 Å². The highest BCUT2D eigenvalue weighted by atomic mass is 16.5. The number of para-hydroxylation sites is 1. The molecule has 1 N–H and O–H groups in total. The predicted octanol–water partition coefficient (Wildman–Crippen LogP) is 3.60. The molecule has 1 aromatic heterocycles. The maximum atomic E-state index is 5.82. The number of furan rings is 1. The van der Waals surface area contributed by atoms with Crippen LogP contribution in [0.3, 0.4) is 0 Å². The zero-order valence-corrected chi connectivity index (χ0v) is 11.6. The average molecular weight is 259 g/mol.